The molecule has 0 unspecified atom stereocenters. The van der Waals surface area contributed by atoms with Crippen LogP contribution in [0.2, 0.25) is 0 Å². The number of carboxylic acid groups (broad SMARTS) is 1. The molecular formula is C10H14O3. The monoisotopic (exact) mass is 182 g/mol. The first kappa shape index (κ1) is 8.73. The van der Waals surface area contributed by atoms with Gasteiger partial charge in [0, 0.05) is 6.42 Å². The third-order valence-corrected chi connectivity index (χ3v) is 3.41. The van der Waals surface area contributed by atoms with Gasteiger partial charge in [0.15, 0.2) is 0 Å². The summed E-state index contributed by atoms with van der Waals surface area (Å²) in [4.78, 5) is 22.2. The van der Waals surface area contributed by atoms with E-state index in [1.807, 2.05) is 0 Å². The lowest BCUT2D eigenvalue weighted by Crippen LogP contribution is -2.24. The molecule has 0 aromatic rings. The van der Waals surface area contributed by atoms with Gasteiger partial charge in [0.2, 0.25) is 0 Å². The van der Waals surface area contributed by atoms with Crippen LogP contribution in [-0.2, 0) is 9.59 Å². The summed E-state index contributed by atoms with van der Waals surface area (Å²) in [5, 5.41) is 8.87. The van der Waals surface area contributed by atoms with Crippen LogP contribution in [0.25, 0.3) is 0 Å². The highest BCUT2D eigenvalue weighted by atomic mass is 16.4. The molecule has 3 heteroatoms. The molecule has 13 heavy (non-hydrogen) atoms. The maximum Gasteiger partial charge on any atom is 0.314 e. The molecule has 0 radical (unpaired) electrons. The summed E-state index contributed by atoms with van der Waals surface area (Å²) < 4.78 is 0. The van der Waals surface area contributed by atoms with Gasteiger partial charge in [-0.05, 0) is 37.5 Å². The van der Waals surface area contributed by atoms with Crippen molar-refractivity contribution in [3.63, 3.8) is 0 Å². The summed E-state index contributed by atoms with van der Waals surface area (Å²) in [6.45, 7) is 0. The predicted octanol–water partition coefficient (Wildman–Crippen LogP) is 1.61. The van der Waals surface area contributed by atoms with E-state index in [1.165, 1.54) is 0 Å². The fourth-order valence-electron chi connectivity index (χ4n) is 2.32. The molecule has 2 fully saturated rings. The smallest absolute Gasteiger partial charge is 0.314 e. The van der Waals surface area contributed by atoms with Crippen molar-refractivity contribution in [3.05, 3.63) is 0 Å². The van der Waals surface area contributed by atoms with E-state index in [2.05, 4.69) is 0 Å². The Morgan fingerprint density at radius 2 is 2.08 bits per heavy atom. The topological polar surface area (TPSA) is 54.4 Å². The van der Waals surface area contributed by atoms with Crippen LogP contribution >= 0.6 is 0 Å². The third-order valence-electron chi connectivity index (χ3n) is 3.41. The number of hydrogen-bond donors (Lipinski definition) is 1. The second-order valence-corrected chi connectivity index (χ2v) is 4.41. The molecule has 72 valence electrons. The van der Waals surface area contributed by atoms with Gasteiger partial charge < -0.3 is 5.11 Å². The van der Waals surface area contributed by atoms with E-state index >= 15 is 0 Å². The van der Waals surface area contributed by atoms with Crippen LogP contribution < -0.4 is 0 Å². The number of Topliss-reactive ketones (excluding diaryl/α,β-unsaturated/α-hetero) is 1. The molecule has 1 spiro atoms. The van der Waals surface area contributed by atoms with E-state index in [9.17, 15) is 9.59 Å². The van der Waals surface area contributed by atoms with Crippen LogP contribution in [0.4, 0.5) is 0 Å². The minimum Gasteiger partial charge on any atom is -0.481 e. The molecule has 0 aromatic heterocycles. The first-order valence-corrected chi connectivity index (χ1v) is 4.89. The van der Waals surface area contributed by atoms with Crippen molar-refractivity contribution in [1.82, 2.24) is 0 Å². The fraction of sp³-hybridized carbons (Fsp3) is 0.800. The van der Waals surface area contributed by atoms with E-state index in [-0.39, 0.29) is 11.2 Å². The molecule has 1 N–H and O–H groups in total. The second-order valence-electron chi connectivity index (χ2n) is 4.41. The number of carbonyl (C=O) groups excluding carboxylic acids is 1. The highest BCUT2D eigenvalue weighted by Crippen LogP contribution is 2.55. The number of aliphatic carboxylic acids is 1. The third kappa shape index (κ3) is 1.60. The SMILES string of the molecule is O=C(O)[C@@H]1CC2(CCCC1=O)CC2. The van der Waals surface area contributed by atoms with Gasteiger partial charge in [0.05, 0.1) is 0 Å². The Balaban J connectivity index is 2.13. The second kappa shape index (κ2) is 2.82. The maximum atomic E-state index is 11.4. The Morgan fingerprint density at radius 3 is 2.62 bits per heavy atom. The maximum absolute atomic E-state index is 11.4. The largest absolute Gasteiger partial charge is 0.481 e. The van der Waals surface area contributed by atoms with Crippen molar-refractivity contribution in [2.45, 2.75) is 38.5 Å². The first-order chi connectivity index (χ1) is 6.13. The zero-order valence-corrected chi connectivity index (χ0v) is 7.58. The molecule has 2 saturated carbocycles. The van der Waals surface area contributed by atoms with Crippen molar-refractivity contribution in [2.24, 2.45) is 11.3 Å². The Kier molecular flexibility index (Phi) is 1.90. The van der Waals surface area contributed by atoms with Gasteiger partial charge in [0.25, 0.3) is 0 Å². The highest BCUT2D eigenvalue weighted by Gasteiger charge is 2.48. The van der Waals surface area contributed by atoms with Gasteiger partial charge in [0.1, 0.15) is 11.7 Å². The quantitative estimate of drug-likeness (QED) is 0.627. The van der Waals surface area contributed by atoms with Crippen molar-refractivity contribution in [1.29, 1.82) is 0 Å². The average Bonchev–Trinajstić information content (AvgIpc) is 2.82. The van der Waals surface area contributed by atoms with E-state index in [4.69, 9.17) is 5.11 Å². The summed E-state index contributed by atoms with van der Waals surface area (Å²) in [5.41, 5.74) is 0.245. The average molecular weight is 182 g/mol. The Hall–Kier alpha value is -0.860. The molecule has 0 saturated heterocycles. The first-order valence-electron chi connectivity index (χ1n) is 4.89. The molecule has 2 rings (SSSR count). The molecular weight excluding hydrogens is 168 g/mol. The molecule has 0 amide bonds. The van der Waals surface area contributed by atoms with E-state index < -0.39 is 11.9 Å². The summed E-state index contributed by atoms with van der Waals surface area (Å²) in [7, 11) is 0. The molecule has 0 aliphatic heterocycles. The van der Waals surface area contributed by atoms with Crippen LogP contribution in [0.5, 0.6) is 0 Å². The van der Waals surface area contributed by atoms with E-state index in [0.717, 1.165) is 25.7 Å². The van der Waals surface area contributed by atoms with Crippen molar-refractivity contribution < 1.29 is 14.7 Å². The number of carbonyl (C=O) groups is 2. The molecule has 0 bridgehead atoms. The number of hydrogen-bond acceptors (Lipinski definition) is 2. The van der Waals surface area contributed by atoms with E-state index in [1.54, 1.807) is 0 Å². The Labute approximate surface area is 77.1 Å². The Morgan fingerprint density at radius 1 is 1.38 bits per heavy atom. The summed E-state index contributed by atoms with van der Waals surface area (Å²) in [6, 6.07) is 0. The summed E-state index contributed by atoms with van der Waals surface area (Å²) in [6.07, 6.45) is 5.28. The minimum atomic E-state index is -0.918. The van der Waals surface area contributed by atoms with Gasteiger partial charge in [-0.3, -0.25) is 9.59 Å². The standard InChI is InChI=1S/C10H14O3/c11-8-2-1-3-10(4-5-10)6-7(8)9(12)13/h7H,1-6H2,(H,12,13)/t7-/m1/s1. The molecule has 0 aromatic carbocycles. The van der Waals surface area contributed by atoms with Crippen LogP contribution in [-0.4, -0.2) is 16.9 Å². The van der Waals surface area contributed by atoms with Gasteiger partial charge in [-0.1, -0.05) is 0 Å². The summed E-state index contributed by atoms with van der Waals surface area (Å²) >= 11 is 0. The van der Waals surface area contributed by atoms with Gasteiger partial charge in [-0.25, -0.2) is 0 Å². The molecule has 1 atom stereocenters. The minimum absolute atomic E-state index is 0.0590. The lowest BCUT2D eigenvalue weighted by Gasteiger charge is -2.13. The van der Waals surface area contributed by atoms with Crippen LogP contribution in [0.3, 0.4) is 0 Å². The van der Waals surface area contributed by atoms with Gasteiger partial charge in [-0.15, -0.1) is 0 Å². The summed E-state index contributed by atoms with van der Waals surface area (Å²) in [5.74, 6) is -1.68. The lowest BCUT2D eigenvalue weighted by molar-refractivity contribution is -0.146. The number of carboxylic acids is 1. The van der Waals surface area contributed by atoms with Crippen molar-refractivity contribution in [2.75, 3.05) is 0 Å². The molecule has 3 nitrogen and oxygen atoms in total. The number of rotatable bonds is 1. The fourth-order valence-corrected chi connectivity index (χ4v) is 2.32. The lowest BCUT2D eigenvalue weighted by atomic mass is 9.90. The number of ketones is 1. The zero-order chi connectivity index (χ0) is 9.47. The van der Waals surface area contributed by atoms with Crippen LogP contribution in [0, 0.1) is 11.3 Å². The van der Waals surface area contributed by atoms with Crippen molar-refractivity contribution in [3.8, 4) is 0 Å². The highest BCUT2D eigenvalue weighted by molar-refractivity contribution is 5.98. The molecule has 2 aliphatic rings. The van der Waals surface area contributed by atoms with Gasteiger partial charge in [-0.2, -0.15) is 0 Å². The van der Waals surface area contributed by atoms with Crippen LogP contribution in [0.15, 0.2) is 0 Å². The van der Waals surface area contributed by atoms with Crippen LogP contribution in [0.1, 0.15) is 38.5 Å². The zero-order valence-electron chi connectivity index (χ0n) is 7.58. The van der Waals surface area contributed by atoms with E-state index in [0.29, 0.717) is 12.8 Å². The van der Waals surface area contributed by atoms with Gasteiger partial charge >= 0.3 is 5.97 Å². The Bertz CT molecular complexity index is 253. The van der Waals surface area contributed by atoms with Crippen molar-refractivity contribution >= 4 is 11.8 Å². The molecule has 0 heterocycles. The molecule has 2 aliphatic carbocycles. The predicted molar refractivity (Wildman–Crippen MR) is 46.3 cm³/mol. The normalized spacial score (nSPS) is 31.4.